The van der Waals surface area contributed by atoms with Crippen molar-refractivity contribution in [3.05, 3.63) is 28.4 Å². The second-order valence-corrected chi connectivity index (χ2v) is 10.8. The Morgan fingerprint density at radius 1 is 1.37 bits per heavy atom. The Morgan fingerprint density at radius 3 is 2.67 bits per heavy atom. The quantitative estimate of drug-likeness (QED) is 0.677. The fraction of sp³-hybridized carbons (Fsp3) is 0.421. The molecule has 2 heterocycles. The largest absolute Gasteiger partial charge is 0.331 e. The summed E-state index contributed by atoms with van der Waals surface area (Å²) >= 11 is 7.42. The number of benzene rings is 1. The molecule has 0 saturated heterocycles. The van der Waals surface area contributed by atoms with Crippen molar-refractivity contribution in [3.8, 4) is 10.4 Å². The van der Waals surface area contributed by atoms with Crippen molar-refractivity contribution in [2.45, 2.75) is 44.2 Å². The number of hydrogen-bond acceptors (Lipinski definition) is 6. The van der Waals surface area contributed by atoms with Gasteiger partial charge in [0, 0.05) is 19.5 Å². The summed E-state index contributed by atoms with van der Waals surface area (Å²) in [7, 11) is -2.58. The summed E-state index contributed by atoms with van der Waals surface area (Å²) in [6.45, 7) is 3.72. The van der Waals surface area contributed by atoms with Crippen LogP contribution in [0, 0.1) is 5.92 Å². The second kappa shape index (κ2) is 7.60. The molecule has 1 aliphatic heterocycles. The lowest BCUT2D eigenvalue weighted by atomic mass is 10.1. The van der Waals surface area contributed by atoms with E-state index in [2.05, 4.69) is 15.0 Å². The van der Waals surface area contributed by atoms with E-state index >= 15 is 0 Å². The first-order valence-electron chi connectivity index (χ1n) is 9.48. The number of thiazole rings is 1. The van der Waals surface area contributed by atoms with E-state index < -0.39 is 10.0 Å². The molecular formula is C19H21ClN4O4S2. The number of nitrogens with one attached hydrogen (secondary N) is 2. The van der Waals surface area contributed by atoms with Gasteiger partial charge in [-0.2, -0.15) is 0 Å². The Hall–Kier alpha value is -2.01. The number of amides is 2. The number of halogens is 1. The molecule has 4 rings (SSSR count). The third-order valence-corrected chi connectivity index (χ3v) is 8.33. The van der Waals surface area contributed by atoms with E-state index in [1.165, 1.54) is 20.0 Å². The second-order valence-electron chi connectivity index (χ2n) is 7.55. The van der Waals surface area contributed by atoms with Crippen molar-refractivity contribution in [3.63, 3.8) is 0 Å². The smallest absolute Gasteiger partial charge is 0.256 e. The minimum Gasteiger partial charge on any atom is -0.331 e. The van der Waals surface area contributed by atoms with Crippen LogP contribution in [-0.2, 0) is 21.4 Å². The molecule has 0 radical (unpaired) electrons. The van der Waals surface area contributed by atoms with Gasteiger partial charge in [0.15, 0.2) is 5.13 Å². The predicted octanol–water partition coefficient (Wildman–Crippen LogP) is 3.08. The lowest BCUT2D eigenvalue weighted by Gasteiger charge is -2.24. The van der Waals surface area contributed by atoms with E-state index in [9.17, 15) is 18.0 Å². The number of nitrogens with zero attached hydrogens (tertiary/aromatic N) is 2. The van der Waals surface area contributed by atoms with Crippen molar-refractivity contribution in [1.29, 1.82) is 0 Å². The molecule has 2 amide bonds. The van der Waals surface area contributed by atoms with Gasteiger partial charge in [-0.15, -0.1) is 0 Å². The molecule has 30 heavy (non-hydrogen) atoms. The van der Waals surface area contributed by atoms with Crippen molar-refractivity contribution in [2.24, 2.45) is 5.92 Å². The van der Waals surface area contributed by atoms with Crippen LogP contribution in [0.15, 0.2) is 17.0 Å². The monoisotopic (exact) mass is 468 g/mol. The van der Waals surface area contributed by atoms with Gasteiger partial charge in [-0.25, -0.2) is 18.1 Å². The Kier molecular flexibility index (Phi) is 5.38. The van der Waals surface area contributed by atoms with Crippen LogP contribution >= 0.6 is 22.9 Å². The SMILES string of the molecule is CNS(=O)(=O)c1cc(-c2sc(NC(C)=O)nc2Cl)cc2c1C(=O)N([C@@H](C)C1CC1)C2. The van der Waals surface area contributed by atoms with Crippen LogP contribution in [0.3, 0.4) is 0 Å². The number of aromatic nitrogens is 1. The number of carbonyl (C=O) groups is 2. The van der Waals surface area contributed by atoms with Gasteiger partial charge in [0.1, 0.15) is 5.15 Å². The predicted molar refractivity (Wildman–Crippen MR) is 115 cm³/mol. The van der Waals surface area contributed by atoms with Gasteiger partial charge in [0.2, 0.25) is 15.9 Å². The molecule has 1 aromatic heterocycles. The summed E-state index contributed by atoms with van der Waals surface area (Å²) in [4.78, 5) is 30.8. The Labute approximate surface area is 183 Å². The molecule has 1 atom stereocenters. The number of hydrogen-bond donors (Lipinski definition) is 2. The van der Waals surface area contributed by atoms with Crippen LogP contribution in [0.2, 0.25) is 5.15 Å². The van der Waals surface area contributed by atoms with Crippen LogP contribution in [0.1, 0.15) is 42.6 Å². The highest BCUT2D eigenvalue weighted by Gasteiger charge is 2.41. The number of fused-ring (bicyclic) bond motifs is 1. The summed E-state index contributed by atoms with van der Waals surface area (Å²) in [5.74, 6) is -0.0861. The maximum atomic E-state index is 13.1. The average molecular weight is 469 g/mol. The zero-order chi connectivity index (χ0) is 21.8. The highest BCUT2D eigenvalue weighted by Crippen LogP contribution is 2.43. The molecule has 0 bridgehead atoms. The first kappa shape index (κ1) is 21.2. The Morgan fingerprint density at radius 2 is 2.07 bits per heavy atom. The van der Waals surface area contributed by atoms with Crippen LogP contribution in [-0.4, -0.2) is 43.2 Å². The zero-order valence-electron chi connectivity index (χ0n) is 16.7. The number of rotatable bonds is 6. The Balaban J connectivity index is 1.84. The van der Waals surface area contributed by atoms with Crippen LogP contribution in [0.5, 0.6) is 0 Å². The lowest BCUT2D eigenvalue weighted by Crippen LogP contribution is -2.35. The van der Waals surface area contributed by atoms with Crippen LogP contribution in [0.25, 0.3) is 10.4 Å². The van der Waals surface area contributed by atoms with E-state index in [1.54, 1.807) is 11.0 Å². The van der Waals surface area contributed by atoms with Crippen molar-refractivity contribution in [2.75, 3.05) is 12.4 Å². The third kappa shape index (κ3) is 3.73. The van der Waals surface area contributed by atoms with E-state index in [4.69, 9.17) is 11.6 Å². The molecule has 2 N–H and O–H groups in total. The van der Waals surface area contributed by atoms with Crippen LogP contribution in [0.4, 0.5) is 5.13 Å². The number of carbonyl (C=O) groups excluding carboxylic acids is 2. The minimum absolute atomic E-state index is 0.0526. The summed E-state index contributed by atoms with van der Waals surface area (Å²) in [6, 6.07) is 3.29. The van der Waals surface area contributed by atoms with Gasteiger partial charge in [0.05, 0.1) is 15.3 Å². The highest BCUT2D eigenvalue weighted by atomic mass is 35.5. The summed E-state index contributed by atoms with van der Waals surface area (Å²) in [5.41, 5.74) is 1.39. The summed E-state index contributed by atoms with van der Waals surface area (Å²) in [5, 5.41) is 3.06. The van der Waals surface area contributed by atoms with E-state index in [0.29, 0.717) is 33.6 Å². The topological polar surface area (TPSA) is 108 Å². The van der Waals surface area contributed by atoms with Gasteiger partial charge >= 0.3 is 0 Å². The molecule has 1 saturated carbocycles. The normalized spacial score (nSPS) is 17.2. The minimum atomic E-state index is -3.89. The van der Waals surface area contributed by atoms with Crippen molar-refractivity contribution >= 4 is 49.9 Å². The molecule has 2 aromatic rings. The maximum absolute atomic E-state index is 13.1. The highest BCUT2D eigenvalue weighted by molar-refractivity contribution is 7.89. The molecule has 0 unspecified atom stereocenters. The molecule has 160 valence electrons. The van der Waals surface area contributed by atoms with E-state index in [0.717, 1.165) is 24.2 Å². The molecule has 2 aliphatic rings. The van der Waals surface area contributed by atoms with E-state index in [1.807, 2.05) is 6.92 Å². The number of anilines is 1. The van der Waals surface area contributed by atoms with Gasteiger partial charge < -0.3 is 10.2 Å². The molecule has 11 heteroatoms. The van der Waals surface area contributed by atoms with Crippen molar-refractivity contribution < 1.29 is 18.0 Å². The van der Waals surface area contributed by atoms with Crippen LogP contribution < -0.4 is 10.0 Å². The van der Waals surface area contributed by atoms with Gasteiger partial charge in [-0.3, -0.25) is 9.59 Å². The molecule has 1 aromatic carbocycles. The maximum Gasteiger partial charge on any atom is 0.256 e. The van der Waals surface area contributed by atoms with Gasteiger partial charge in [-0.1, -0.05) is 22.9 Å². The lowest BCUT2D eigenvalue weighted by molar-refractivity contribution is -0.114. The zero-order valence-corrected chi connectivity index (χ0v) is 19.0. The van der Waals surface area contributed by atoms with Gasteiger partial charge in [0.25, 0.3) is 5.91 Å². The van der Waals surface area contributed by atoms with Gasteiger partial charge in [-0.05, 0) is 56.0 Å². The molecule has 8 nitrogen and oxygen atoms in total. The molecular weight excluding hydrogens is 448 g/mol. The molecule has 1 aliphatic carbocycles. The standard InChI is InChI=1S/C19H21ClN4O4S2/c1-9(11-4-5-11)24-8-13-6-12(16-17(20)23-19(29-16)22-10(2)25)7-14(15(13)18(24)26)30(27,28)21-3/h6-7,9,11,21H,4-5,8H2,1-3H3,(H,22,23,25)/t9-/m0/s1. The Bertz CT molecular complexity index is 1160. The fourth-order valence-corrected chi connectivity index (χ4v) is 5.98. The fourth-order valence-electron chi connectivity index (χ4n) is 3.74. The summed E-state index contributed by atoms with van der Waals surface area (Å²) in [6.07, 6.45) is 2.16. The number of sulfonamides is 1. The molecule has 0 spiro atoms. The first-order valence-corrected chi connectivity index (χ1v) is 12.2. The van der Waals surface area contributed by atoms with Crippen molar-refractivity contribution in [1.82, 2.24) is 14.6 Å². The average Bonchev–Trinajstić information content (AvgIpc) is 3.40. The first-order chi connectivity index (χ1) is 14.1. The third-order valence-electron chi connectivity index (χ3n) is 5.48. The van der Waals surface area contributed by atoms with E-state index in [-0.39, 0.29) is 33.5 Å². The molecule has 1 fully saturated rings. The summed E-state index contributed by atoms with van der Waals surface area (Å²) < 4.78 is 27.8.